The Labute approximate surface area is 112 Å². The summed E-state index contributed by atoms with van der Waals surface area (Å²) in [5.41, 5.74) is 1.08. The molecule has 0 amide bonds. The molecule has 2 fully saturated rings. The molecule has 98 valence electrons. The molecular weight excluding hydrogens is 244 g/mol. The number of rotatable bonds is 3. The molecule has 1 aromatic heterocycles. The summed E-state index contributed by atoms with van der Waals surface area (Å²) in [4.78, 5) is 19.8. The van der Waals surface area contributed by atoms with E-state index in [0.29, 0.717) is 12.0 Å². The minimum absolute atomic E-state index is 0.185. The van der Waals surface area contributed by atoms with Crippen molar-refractivity contribution in [2.45, 2.75) is 57.9 Å². The molecule has 1 saturated carbocycles. The molecule has 0 bridgehead atoms. The largest absolute Gasteiger partial charge is 0.345 e. The van der Waals surface area contributed by atoms with Crippen molar-refractivity contribution in [3.63, 3.8) is 0 Å². The Bertz CT molecular complexity index is 464. The molecule has 0 radical (unpaired) electrons. The second-order valence-electron chi connectivity index (χ2n) is 5.58. The van der Waals surface area contributed by atoms with Gasteiger partial charge in [0.05, 0.1) is 10.6 Å². The van der Waals surface area contributed by atoms with Crippen LogP contribution in [0, 0.1) is 0 Å². The van der Waals surface area contributed by atoms with Gasteiger partial charge in [-0.25, -0.2) is 4.98 Å². The summed E-state index contributed by atoms with van der Waals surface area (Å²) >= 11 is 1.61. The Morgan fingerprint density at radius 1 is 1.33 bits per heavy atom. The molecule has 0 spiro atoms. The summed E-state index contributed by atoms with van der Waals surface area (Å²) in [6.07, 6.45) is 6.22. The fourth-order valence-corrected chi connectivity index (χ4v) is 3.89. The average molecular weight is 264 g/mol. The van der Waals surface area contributed by atoms with E-state index < -0.39 is 0 Å². The van der Waals surface area contributed by atoms with Crippen LogP contribution in [0.1, 0.15) is 67.2 Å². The van der Waals surface area contributed by atoms with E-state index in [1.54, 1.807) is 18.3 Å². The summed E-state index contributed by atoms with van der Waals surface area (Å²) in [5, 5.41) is 1.08. The highest BCUT2D eigenvalue weighted by molar-refractivity contribution is 7.17. The number of hydrogen-bond donors (Lipinski definition) is 0. The molecule has 1 saturated heterocycles. The first-order valence-corrected chi connectivity index (χ1v) is 7.76. The number of thiazole rings is 1. The maximum Gasteiger partial charge on any atom is 0.186 e. The minimum atomic E-state index is 0.185. The number of carbonyl (C=O) groups is 1. The highest BCUT2D eigenvalue weighted by atomic mass is 32.1. The van der Waals surface area contributed by atoms with Crippen molar-refractivity contribution in [3.05, 3.63) is 10.6 Å². The van der Waals surface area contributed by atoms with Crippen molar-refractivity contribution < 1.29 is 4.79 Å². The Kier molecular flexibility index (Phi) is 3.14. The smallest absolute Gasteiger partial charge is 0.186 e. The lowest BCUT2D eigenvalue weighted by Gasteiger charge is -2.33. The topological polar surface area (TPSA) is 33.2 Å². The van der Waals surface area contributed by atoms with E-state index in [4.69, 9.17) is 4.98 Å². The maximum absolute atomic E-state index is 11.7. The van der Waals surface area contributed by atoms with Crippen molar-refractivity contribution in [2.24, 2.45) is 0 Å². The SMILES string of the molecule is CC(=O)c1sc(N2CCCCC2C)nc1C1CC1. The van der Waals surface area contributed by atoms with E-state index in [0.717, 1.165) is 22.2 Å². The van der Waals surface area contributed by atoms with Gasteiger partial charge in [-0.3, -0.25) is 4.79 Å². The van der Waals surface area contributed by atoms with E-state index in [2.05, 4.69) is 11.8 Å². The summed E-state index contributed by atoms with van der Waals surface area (Å²) < 4.78 is 0. The van der Waals surface area contributed by atoms with Gasteiger partial charge in [0, 0.05) is 25.4 Å². The molecule has 18 heavy (non-hydrogen) atoms. The molecule has 4 heteroatoms. The number of nitrogens with zero attached hydrogens (tertiary/aromatic N) is 2. The molecule has 1 atom stereocenters. The summed E-state index contributed by atoms with van der Waals surface area (Å²) in [6, 6.07) is 0.566. The molecule has 0 aromatic carbocycles. The van der Waals surface area contributed by atoms with Gasteiger partial charge in [0.1, 0.15) is 0 Å². The average Bonchev–Trinajstić information content (AvgIpc) is 3.09. The highest BCUT2D eigenvalue weighted by Crippen LogP contribution is 2.44. The fourth-order valence-electron chi connectivity index (χ4n) is 2.71. The number of aromatic nitrogens is 1. The zero-order valence-corrected chi connectivity index (χ0v) is 11.9. The normalized spacial score (nSPS) is 24.3. The van der Waals surface area contributed by atoms with Crippen molar-refractivity contribution in [1.29, 1.82) is 0 Å². The number of anilines is 1. The quantitative estimate of drug-likeness (QED) is 0.782. The van der Waals surface area contributed by atoms with E-state index in [1.165, 1.54) is 32.1 Å². The molecule has 1 aromatic rings. The third-order valence-electron chi connectivity index (χ3n) is 3.97. The van der Waals surface area contributed by atoms with Crippen LogP contribution in [0.5, 0.6) is 0 Å². The Morgan fingerprint density at radius 3 is 2.72 bits per heavy atom. The van der Waals surface area contributed by atoms with Crippen LogP contribution in [0.25, 0.3) is 0 Å². The second kappa shape index (κ2) is 4.65. The van der Waals surface area contributed by atoms with E-state index in [-0.39, 0.29) is 5.78 Å². The second-order valence-corrected chi connectivity index (χ2v) is 6.56. The molecule has 1 aliphatic carbocycles. The monoisotopic (exact) mass is 264 g/mol. The zero-order chi connectivity index (χ0) is 12.7. The third-order valence-corrected chi connectivity index (χ3v) is 5.18. The first kappa shape index (κ1) is 12.2. The summed E-state index contributed by atoms with van der Waals surface area (Å²) in [6.45, 7) is 5.03. The predicted molar refractivity (Wildman–Crippen MR) is 74.8 cm³/mol. The molecular formula is C14H20N2OS. The number of Topliss-reactive ketones (excluding diaryl/α,β-unsaturated/α-hetero) is 1. The summed E-state index contributed by atoms with van der Waals surface area (Å²) in [7, 11) is 0. The lowest BCUT2D eigenvalue weighted by Crippen LogP contribution is -2.37. The lowest BCUT2D eigenvalue weighted by atomic mass is 10.0. The van der Waals surface area contributed by atoms with Gasteiger partial charge in [-0.2, -0.15) is 0 Å². The Morgan fingerprint density at radius 2 is 2.11 bits per heavy atom. The van der Waals surface area contributed by atoms with Crippen LogP contribution in [0.4, 0.5) is 5.13 Å². The van der Waals surface area contributed by atoms with E-state index in [9.17, 15) is 4.79 Å². The van der Waals surface area contributed by atoms with Gasteiger partial charge in [-0.05, 0) is 39.0 Å². The molecule has 3 rings (SSSR count). The number of ketones is 1. The van der Waals surface area contributed by atoms with Gasteiger partial charge in [-0.1, -0.05) is 11.3 Å². The van der Waals surface area contributed by atoms with Crippen molar-refractivity contribution in [2.75, 3.05) is 11.4 Å². The van der Waals surface area contributed by atoms with E-state index >= 15 is 0 Å². The van der Waals surface area contributed by atoms with Crippen molar-refractivity contribution in [1.82, 2.24) is 4.98 Å². The van der Waals surface area contributed by atoms with E-state index in [1.807, 2.05) is 0 Å². The number of hydrogen-bond acceptors (Lipinski definition) is 4. The van der Waals surface area contributed by atoms with Gasteiger partial charge in [0.25, 0.3) is 0 Å². The summed E-state index contributed by atoms with van der Waals surface area (Å²) in [5.74, 6) is 0.749. The standard InChI is InChI=1S/C14H20N2OS/c1-9-5-3-4-8-16(9)14-15-12(11-6-7-11)13(18-14)10(2)17/h9,11H,3-8H2,1-2H3. The first-order valence-electron chi connectivity index (χ1n) is 6.95. The third kappa shape index (κ3) is 2.18. The Hall–Kier alpha value is -0.900. The van der Waals surface area contributed by atoms with Crippen molar-refractivity contribution in [3.8, 4) is 0 Å². The van der Waals surface area contributed by atoms with Crippen LogP contribution in [-0.4, -0.2) is 23.4 Å². The van der Waals surface area contributed by atoms with Crippen LogP contribution in [0.15, 0.2) is 0 Å². The molecule has 2 heterocycles. The maximum atomic E-state index is 11.7. The number of carbonyl (C=O) groups excluding carboxylic acids is 1. The zero-order valence-electron chi connectivity index (χ0n) is 11.1. The van der Waals surface area contributed by atoms with Crippen LogP contribution in [0.3, 0.4) is 0 Å². The van der Waals surface area contributed by atoms with Gasteiger partial charge in [0.2, 0.25) is 0 Å². The Balaban J connectivity index is 1.92. The highest BCUT2D eigenvalue weighted by Gasteiger charge is 2.32. The molecule has 2 aliphatic rings. The van der Waals surface area contributed by atoms with Crippen LogP contribution >= 0.6 is 11.3 Å². The van der Waals surface area contributed by atoms with Gasteiger partial charge < -0.3 is 4.90 Å². The predicted octanol–water partition coefficient (Wildman–Crippen LogP) is 3.60. The van der Waals surface area contributed by atoms with Gasteiger partial charge >= 0.3 is 0 Å². The lowest BCUT2D eigenvalue weighted by molar-refractivity contribution is 0.102. The van der Waals surface area contributed by atoms with Gasteiger partial charge in [0.15, 0.2) is 10.9 Å². The minimum Gasteiger partial charge on any atom is -0.345 e. The van der Waals surface area contributed by atoms with Crippen molar-refractivity contribution >= 4 is 22.3 Å². The first-order chi connectivity index (χ1) is 8.66. The molecule has 1 aliphatic heterocycles. The fraction of sp³-hybridized carbons (Fsp3) is 0.714. The van der Waals surface area contributed by atoms with Crippen LogP contribution in [-0.2, 0) is 0 Å². The van der Waals surface area contributed by atoms with Crippen LogP contribution < -0.4 is 4.90 Å². The van der Waals surface area contributed by atoms with Gasteiger partial charge in [-0.15, -0.1) is 0 Å². The van der Waals surface area contributed by atoms with Crippen LogP contribution in [0.2, 0.25) is 0 Å². The molecule has 0 N–H and O–H groups in total. The molecule has 1 unspecified atom stereocenters. The number of piperidine rings is 1. The molecule has 3 nitrogen and oxygen atoms in total.